The van der Waals surface area contributed by atoms with Gasteiger partial charge in [-0.05, 0) is 25.3 Å². The number of rotatable bonds is 1. The van der Waals surface area contributed by atoms with E-state index >= 15 is 0 Å². The summed E-state index contributed by atoms with van der Waals surface area (Å²) >= 11 is 0. The highest BCUT2D eigenvalue weighted by molar-refractivity contribution is 5.91. The Kier molecular flexibility index (Phi) is 2.40. The molecule has 3 aliphatic rings. The van der Waals surface area contributed by atoms with Crippen LogP contribution in [0.4, 0.5) is 0 Å². The Bertz CT molecular complexity index is 355. The van der Waals surface area contributed by atoms with Gasteiger partial charge in [0.15, 0.2) is 6.39 Å². The molecule has 3 aliphatic heterocycles. The first-order valence-corrected chi connectivity index (χ1v) is 5.74. The summed E-state index contributed by atoms with van der Waals surface area (Å²) in [6.45, 7) is 2.66. The summed E-state index contributed by atoms with van der Waals surface area (Å²) < 4.78 is 5.06. The topological polar surface area (TPSA) is 58.4 Å². The molecule has 2 atom stereocenters. The number of hydrogen-bond donors (Lipinski definition) is 1. The zero-order valence-corrected chi connectivity index (χ0v) is 9.06. The summed E-state index contributed by atoms with van der Waals surface area (Å²) in [4.78, 5) is 17.8. The van der Waals surface area contributed by atoms with Gasteiger partial charge in [0.1, 0.15) is 0 Å². The van der Waals surface area contributed by atoms with E-state index in [1.165, 1.54) is 25.4 Å². The molecule has 4 heterocycles. The van der Waals surface area contributed by atoms with E-state index in [0.29, 0.717) is 17.7 Å². The number of carbonyl (C=O) groups is 1. The highest BCUT2D eigenvalue weighted by Gasteiger charge is 2.32. The molecular formula is C11H15N3O2. The van der Waals surface area contributed by atoms with Crippen molar-refractivity contribution in [2.75, 3.05) is 19.6 Å². The zero-order valence-electron chi connectivity index (χ0n) is 9.06. The fraction of sp³-hybridized carbons (Fsp3) is 0.636. The molecule has 5 nitrogen and oxygen atoms in total. The predicted molar refractivity (Wildman–Crippen MR) is 56.9 cm³/mol. The molecule has 2 unspecified atom stereocenters. The zero-order chi connectivity index (χ0) is 11.0. The highest BCUT2D eigenvalue weighted by atomic mass is 16.3. The number of amides is 1. The quantitative estimate of drug-likeness (QED) is 0.750. The molecule has 1 aromatic rings. The first-order valence-electron chi connectivity index (χ1n) is 5.74. The van der Waals surface area contributed by atoms with Crippen molar-refractivity contribution >= 4 is 5.91 Å². The fourth-order valence-corrected chi connectivity index (χ4v) is 2.58. The number of piperidine rings is 1. The number of nitrogens with one attached hydrogen (secondary N) is 1. The largest absolute Gasteiger partial charge is 0.438 e. The van der Waals surface area contributed by atoms with E-state index in [1.54, 1.807) is 0 Å². The van der Waals surface area contributed by atoms with Crippen molar-refractivity contribution in [1.29, 1.82) is 0 Å². The van der Waals surface area contributed by atoms with E-state index in [9.17, 15) is 4.79 Å². The lowest BCUT2D eigenvalue weighted by atomic mass is 9.97. The number of nitrogens with zero attached hydrogens (tertiary/aromatic N) is 2. The average Bonchev–Trinajstić information content (AvgIpc) is 2.68. The molecule has 86 valence electrons. The molecule has 3 fully saturated rings. The van der Waals surface area contributed by atoms with E-state index in [-0.39, 0.29) is 5.91 Å². The first kappa shape index (κ1) is 9.84. The van der Waals surface area contributed by atoms with Gasteiger partial charge in [0.2, 0.25) is 5.76 Å². The van der Waals surface area contributed by atoms with Crippen LogP contribution in [0.25, 0.3) is 0 Å². The number of oxazole rings is 1. The fourth-order valence-electron chi connectivity index (χ4n) is 2.58. The van der Waals surface area contributed by atoms with E-state index in [2.05, 4.69) is 10.3 Å². The van der Waals surface area contributed by atoms with Crippen LogP contribution in [0.5, 0.6) is 0 Å². The van der Waals surface area contributed by atoms with Gasteiger partial charge in [0.25, 0.3) is 5.91 Å². The monoisotopic (exact) mass is 221 g/mol. The molecule has 0 saturated carbocycles. The minimum atomic E-state index is -0.0295. The van der Waals surface area contributed by atoms with Gasteiger partial charge in [-0.2, -0.15) is 0 Å². The van der Waals surface area contributed by atoms with Crippen LogP contribution >= 0.6 is 0 Å². The van der Waals surface area contributed by atoms with Crippen molar-refractivity contribution in [3.05, 3.63) is 18.4 Å². The molecular weight excluding hydrogens is 206 g/mol. The third kappa shape index (κ3) is 1.71. The van der Waals surface area contributed by atoms with Crippen molar-refractivity contribution in [3.8, 4) is 0 Å². The Labute approximate surface area is 93.8 Å². The van der Waals surface area contributed by atoms with Gasteiger partial charge >= 0.3 is 0 Å². The third-order valence-corrected chi connectivity index (χ3v) is 3.47. The number of fused-ring (bicyclic) bond motifs is 4. The van der Waals surface area contributed by atoms with Gasteiger partial charge in [-0.15, -0.1) is 0 Å². The lowest BCUT2D eigenvalue weighted by Gasteiger charge is -2.22. The van der Waals surface area contributed by atoms with Crippen LogP contribution in [0, 0.1) is 5.92 Å². The summed E-state index contributed by atoms with van der Waals surface area (Å²) in [5.74, 6) is 0.907. The lowest BCUT2D eigenvalue weighted by molar-refractivity contribution is 0.0716. The molecule has 4 rings (SSSR count). The molecule has 1 aromatic heterocycles. The molecule has 5 heteroatoms. The molecule has 2 bridgehead atoms. The molecule has 0 aliphatic carbocycles. The summed E-state index contributed by atoms with van der Waals surface area (Å²) in [5.41, 5.74) is 0. The molecule has 0 spiro atoms. The minimum Gasteiger partial charge on any atom is -0.438 e. The van der Waals surface area contributed by atoms with Gasteiger partial charge in [-0.25, -0.2) is 4.98 Å². The Balaban J connectivity index is 1.77. The second kappa shape index (κ2) is 3.90. The van der Waals surface area contributed by atoms with Crippen molar-refractivity contribution in [2.45, 2.75) is 18.9 Å². The van der Waals surface area contributed by atoms with Gasteiger partial charge in [-0.3, -0.25) is 4.79 Å². The summed E-state index contributed by atoms with van der Waals surface area (Å²) in [7, 11) is 0. The van der Waals surface area contributed by atoms with Crippen molar-refractivity contribution in [1.82, 2.24) is 15.2 Å². The van der Waals surface area contributed by atoms with Crippen LogP contribution in [-0.4, -0.2) is 41.5 Å². The molecule has 1 amide bonds. The second-order valence-corrected chi connectivity index (χ2v) is 4.62. The SMILES string of the molecule is O=C(c1cnco1)N1CC2CCC(C1)NC2. The van der Waals surface area contributed by atoms with Crippen LogP contribution in [-0.2, 0) is 0 Å². The summed E-state index contributed by atoms with van der Waals surface area (Å²) in [6.07, 6.45) is 5.18. The molecule has 0 radical (unpaired) electrons. The Hall–Kier alpha value is -1.36. The van der Waals surface area contributed by atoms with E-state index in [4.69, 9.17) is 4.42 Å². The maximum absolute atomic E-state index is 12.1. The predicted octanol–water partition coefficient (Wildman–Crippen LogP) is 0.499. The Morgan fingerprint density at radius 3 is 3.12 bits per heavy atom. The van der Waals surface area contributed by atoms with Gasteiger partial charge < -0.3 is 14.6 Å². The third-order valence-electron chi connectivity index (χ3n) is 3.47. The number of hydrogen-bond acceptors (Lipinski definition) is 4. The number of carbonyl (C=O) groups excluding carboxylic acids is 1. The van der Waals surface area contributed by atoms with Gasteiger partial charge in [-0.1, -0.05) is 0 Å². The van der Waals surface area contributed by atoms with Gasteiger partial charge in [0.05, 0.1) is 6.20 Å². The maximum Gasteiger partial charge on any atom is 0.291 e. The van der Waals surface area contributed by atoms with Gasteiger partial charge in [0, 0.05) is 19.1 Å². The van der Waals surface area contributed by atoms with Crippen LogP contribution in [0.3, 0.4) is 0 Å². The smallest absolute Gasteiger partial charge is 0.291 e. The van der Waals surface area contributed by atoms with Crippen LogP contribution in [0.2, 0.25) is 0 Å². The average molecular weight is 221 g/mol. The maximum atomic E-state index is 12.1. The standard InChI is InChI=1S/C11H15N3O2/c15-11(10-4-12-7-16-10)14-5-8-1-2-9(6-14)13-3-8/h4,7-9,13H,1-3,5-6H2. The van der Waals surface area contributed by atoms with Crippen molar-refractivity contribution in [2.24, 2.45) is 5.92 Å². The summed E-state index contributed by atoms with van der Waals surface area (Å²) in [5, 5.41) is 3.47. The van der Waals surface area contributed by atoms with Crippen molar-refractivity contribution in [3.63, 3.8) is 0 Å². The van der Waals surface area contributed by atoms with Crippen LogP contribution in [0.15, 0.2) is 17.0 Å². The molecule has 0 aromatic carbocycles. The van der Waals surface area contributed by atoms with E-state index in [1.807, 2.05) is 4.90 Å². The van der Waals surface area contributed by atoms with Crippen LogP contribution < -0.4 is 5.32 Å². The normalized spacial score (nSPS) is 29.1. The van der Waals surface area contributed by atoms with E-state index < -0.39 is 0 Å². The molecule has 16 heavy (non-hydrogen) atoms. The second-order valence-electron chi connectivity index (χ2n) is 4.62. The Morgan fingerprint density at radius 2 is 2.44 bits per heavy atom. The molecule has 1 N–H and O–H groups in total. The summed E-state index contributed by atoms with van der Waals surface area (Å²) in [6, 6.07) is 0.450. The minimum absolute atomic E-state index is 0.0295. The Morgan fingerprint density at radius 1 is 1.50 bits per heavy atom. The van der Waals surface area contributed by atoms with Crippen LogP contribution in [0.1, 0.15) is 23.4 Å². The number of aromatic nitrogens is 1. The van der Waals surface area contributed by atoms with E-state index in [0.717, 1.165) is 19.6 Å². The lowest BCUT2D eigenvalue weighted by Crippen LogP contribution is -2.40. The van der Waals surface area contributed by atoms with Crippen molar-refractivity contribution < 1.29 is 9.21 Å². The molecule has 3 saturated heterocycles. The first-order chi connectivity index (χ1) is 7.83. The highest BCUT2D eigenvalue weighted by Crippen LogP contribution is 2.22.